The molecule has 1 fully saturated rings. The Bertz CT molecular complexity index is 1070. The summed E-state index contributed by atoms with van der Waals surface area (Å²) in [5.74, 6) is 0.576. The molecule has 32 heavy (non-hydrogen) atoms. The van der Waals surface area contributed by atoms with E-state index >= 15 is 0 Å². The minimum absolute atomic E-state index is 0.0167. The third-order valence-electron chi connectivity index (χ3n) is 5.06. The van der Waals surface area contributed by atoms with Gasteiger partial charge in [0.15, 0.2) is 5.13 Å². The van der Waals surface area contributed by atoms with Crippen molar-refractivity contribution >= 4 is 39.9 Å². The molecule has 0 spiro atoms. The van der Waals surface area contributed by atoms with Gasteiger partial charge in [0, 0.05) is 29.9 Å². The number of anilines is 3. The summed E-state index contributed by atoms with van der Waals surface area (Å²) < 4.78 is 0. The van der Waals surface area contributed by atoms with Crippen molar-refractivity contribution in [2.75, 3.05) is 28.6 Å². The van der Waals surface area contributed by atoms with Gasteiger partial charge in [0.2, 0.25) is 11.8 Å². The molecule has 1 aliphatic heterocycles. The molecule has 0 atom stereocenters. The van der Waals surface area contributed by atoms with Crippen LogP contribution in [0.2, 0.25) is 0 Å². The lowest BCUT2D eigenvalue weighted by Gasteiger charge is -2.10. The number of tetrazole rings is 1. The summed E-state index contributed by atoms with van der Waals surface area (Å²) in [6.07, 6.45) is 4.27. The molecule has 2 N–H and O–H groups in total. The minimum Gasteiger partial charge on any atom is -0.338 e. The molecule has 3 heterocycles. The molecule has 0 bridgehead atoms. The first-order valence-electron chi connectivity index (χ1n) is 10.6. The van der Waals surface area contributed by atoms with Crippen molar-refractivity contribution in [2.45, 2.75) is 45.6 Å². The number of nitrogens with zero attached hydrogens (tertiary/aromatic N) is 6. The first-order valence-corrected chi connectivity index (χ1v) is 11.4. The number of amides is 2. The van der Waals surface area contributed by atoms with E-state index < -0.39 is 0 Å². The van der Waals surface area contributed by atoms with Crippen LogP contribution in [0.1, 0.15) is 43.0 Å². The number of rotatable bonds is 8. The number of nitrogens with one attached hydrogen (secondary N) is 2. The molecule has 4 rings (SSSR count). The van der Waals surface area contributed by atoms with Crippen molar-refractivity contribution in [2.24, 2.45) is 0 Å². The second-order valence-electron chi connectivity index (χ2n) is 8.01. The summed E-state index contributed by atoms with van der Waals surface area (Å²) in [5.41, 5.74) is 1.48. The largest absolute Gasteiger partial charge is 0.338 e. The molecule has 0 radical (unpaired) electrons. The summed E-state index contributed by atoms with van der Waals surface area (Å²) >= 11 is 1.49. The smallest absolute Gasteiger partial charge is 0.266 e. The molecule has 2 aromatic heterocycles. The number of carbonyl (C=O) groups is 2. The van der Waals surface area contributed by atoms with Crippen LogP contribution >= 0.6 is 11.3 Å². The molecular weight excluding hydrogens is 428 g/mol. The molecule has 3 aromatic rings. The summed E-state index contributed by atoms with van der Waals surface area (Å²) in [4.78, 5) is 33.3. The maximum absolute atomic E-state index is 12.3. The zero-order valence-electron chi connectivity index (χ0n) is 18.1. The molecule has 2 amide bonds. The summed E-state index contributed by atoms with van der Waals surface area (Å²) in [6.45, 7) is 6.01. The van der Waals surface area contributed by atoms with Crippen molar-refractivity contribution in [3.8, 4) is 0 Å². The molecule has 0 aliphatic carbocycles. The van der Waals surface area contributed by atoms with E-state index in [4.69, 9.17) is 0 Å². The van der Waals surface area contributed by atoms with E-state index in [1.807, 2.05) is 12.1 Å². The van der Waals surface area contributed by atoms with Crippen molar-refractivity contribution in [1.82, 2.24) is 25.2 Å². The van der Waals surface area contributed by atoms with Crippen LogP contribution in [0.15, 0.2) is 30.5 Å². The van der Waals surface area contributed by atoms with Gasteiger partial charge in [-0.2, -0.15) is 4.80 Å². The van der Waals surface area contributed by atoms with Crippen LogP contribution in [0.3, 0.4) is 0 Å². The SMILES string of the molecule is CC(C)c1cnc(NC(=O)Cc2ccc(NC(=O)Cn3nnc(N4CCCC4)n3)cc2)s1. The Morgan fingerprint density at radius 3 is 2.53 bits per heavy atom. The number of aromatic nitrogens is 5. The average Bonchev–Trinajstić information content (AvgIpc) is 3.51. The summed E-state index contributed by atoms with van der Waals surface area (Å²) in [5, 5.41) is 18.5. The quantitative estimate of drug-likeness (QED) is 0.537. The topological polar surface area (TPSA) is 118 Å². The van der Waals surface area contributed by atoms with Gasteiger partial charge in [-0.25, -0.2) is 4.98 Å². The van der Waals surface area contributed by atoms with E-state index in [-0.39, 0.29) is 24.8 Å². The maximum atomic E-state index is 12.3. The van der Waals surface area contributed by atoms with Gasteiger partial charge in [0.25, 0.3) is 5.95 Å². The third kappa shape index (κ3) is 5.67. The Morgan fingerprint density at radius 1 is 1.09 bits per heavy atom. The molecular formula is C21H26N8O2S. The van der Waals surface area contributed by atoms with Gasteiger partial charge in [-0.1, -0.05) is 31.1 Å². The van der Waals surface area contributed by atoms with Crippen LogP contribution in [-0.4, -0.2) is 50.1 Å². The molecule has 168 valence electrons. The van der Waals surface area contributed by atoms with E-state index in [2.05, 4.69) is 49.8 Å². The highest BCUT2D eigenvalue weighted by molar-refractivity contribution is 7.15. The summed E-state index contributed by atoms with van der Waals surface area (Å²) in [7, 11) is 0. The molecule has 1 aliphatic rings. The number of benzene rings is 1. The minimum atomic E-state index is -0.245. The molecule has 1 saturated heterocycles. The fourth-order valence-corrected chi connectivity index (χ4v) is 4.18. The number of carbonyl (C=O) groups excluding carboxylic acids is 2. The van der Waals surface area contributed by atoms with E-state index in [0.29, 0.717) is 22.7 Å². The van der Waals surface area contributed by atoms with Gasteiger partial charge in [-0.3, -0.25) is 9.59 Å². The zero-order valence-corrected chi connectivity index (χ0v) is 18.9. The standard InChI is InChI=1S/C21H26N8O2S/c1-14(2)17-12-22-21(32-17)24-18(30)11-15-5-7-16(8-6-15)23-19(31)13-29-26-20(25-27-29)28-9-3-4-10-28/h5-8,12,14H,3-4,9-11,13H2,1-2H3,(H,23,31)(H,22,24,30). The first-order chi connectivity index (χ1) is 15.5. The Morgan fingerprint density at radius 2 is 1.84 bits per heavy atom. The Labute approximate surface area is 190 Å². The van der Waals surface area contributed by atoms with Gasteiger partial charge in [-0.15, -0.1) is 16.4 Å². The van der Waals surface area contributed by atoms with Crippen molar-refractivity contribution < 1.29 is 9.59 Å². The Hall–Kier alpha value is -3.34. The highest BCUT2D eigenvalue weighted by Crippen LogP contribution is 2.25. The van der Waals surface area contributed by atoms with E-state index in [0.717, 1.165) is 36.4 Å². The van der Waals surface area contributed by atoms with Gasteiger partial charge in [0.05, 0.1) is 6.42 Å². The maximum Gasteiger partial charge on any atom is 0.266 e. The third-order valence-corrected chi connectivity index (χ3v) is 6.27. The van der Waals surface area contributed by atoms with Gasteiger partial charge in [0.1, 0.15) is 6.54 Å². The number of hydrogen-bond donors (Lipinski definition) is 2. The molecule has 11 heteroatoms. The predicted molar refractivity (Wildman–Crippen MR) is 123 cm³/mol. The Kier molecular flexibility index (Phi) is 6.74. The fourth-order valence-electron chi connectivity index (χ4n) is 3.34. The van der Waals surface area contributed by atoms with Crippen LogP contribution < -0.4 is 15.5 Å². The lowest BCUT2D eigenvalue weighted by molar-refractivity contribution is -0.117. The monoisotopic (exact) mass is 454 g/mol. The zero-order chi connectivity index (χ0) is 22.5. The first kappa shape index (κ1) is 21.9. The number of hydrogen-bond acceptors (Lipinski definition) is 8. The van der Waals surface area contributed by atoms with Crippen LogP contribution in [-0.2, 0) is 22.6 Å². The fraction of sp³-hybridized carbons (Fsp3) is 0.429. The van der Waals surface area contributed by atoms with Gasteiger partial charge >= 0.3 is 0 Å². The average molecular weight is 455 g/mol. The number of thiazole rings is 1. The van der Waals surface area contributed by atoms with Crippen molar-refractivity contribution in [3.05, 3.63) is 40.9 Å². The van der Waals surface area contributed by atoms with E-state index in [9.17, 15) is 9.59 Å². The van der Waals surface area contributed by atoms with E-state index in [1.165, 1.54) is 16.1 Å². The second-order valence-corrected chi connectivity index (χ2v) is 9.07. The van der Waals surface area contributed by atoms with E-state index in [1.54, 1.807) is 18.3 Å². The summed E-state index contributed by atoms with van der Waals surface area (Å²) in [6, 6.07) is 7.17. The van der Waals surface area contributed by atoms with Crippen LogP contribution in [0.5, 0.6) is 0 Å². The molecule has 0 saturated carbocycles. The lowest BCUT2D eigenvalue weighted by atomic mass is 10.1. The van der Waals surface area contributed by atoms with Gasteiger partial charge < -0.3 is 15.5 Å². The van der Waals surface area contributed by atoms with Crippen LogP contribution in [0.4, 0.5) is 16.8 Å². The normalized spacial score (nSPS) is 13.5. The second kappa shape index (κ2) is 9.86. The van der Waals surface area contributed by atoms with Crippen LogP contribution in [0.25, 0.3) is 0 Å². The van der Waals surface area contributed by atoms with Crippen molar-refractivity contribution in [1.29, 1.82) is 0 Å². The highest BCUT2D eigenvalue weighted by Gasteiger charge is 2.17. The van der Waals surface area contributed by atoms with Crippen LogP contribution in [0, 0.1) is 0 Å². The highest BCUT2D eigenvalue weighted by atomic mass is 32.1. The Balaban J connectivity index is 1.25. The lowest BCUT2D eigenvalue weighted by Crippen LogP contribution is -2.22. The van der Waals surface area contributed by atoms with Gasteiger partial charge in [-0.05, 0) is 41.7 Å². The van der Waals surface area contributed by atoms with Crippen molar-refractivity contribution in [3.63, 3.8) is 0 Å². The molecule has 0 unspecified atom stereocenters. The molecule has 10 nitrogen and oxygen atoms in total. The molecule has 1 aromatic carbocycles. The predicted octanol–water partition coefficient (Wildman–Crippen LogP) is 2.67.